The van der Waals surface area contributed by atoms with Crippen molar-refractivity contribution in [3.63, 3.8) is 0 Å². The number of rotatable bonds is 6. The molecule has 0 aliphatic rings. The van der Waals surface area contributed by atoms with Crippen LogP contribution >= 0.6 is 22.9 Å². The van der Waals surface area contributed by atoms with Crippen molar-refractivity contribution in [2.24, 2.45) is 0 Å². The number of nitrogens with one attached hydrogen (secondary N) is 1. The number of aromatic nitrogens is 1. The Morgan fingerprint density at radius 1 is 1.18 bits per heavy atom. The van der Waals surface area contributed by atoms with Gasteiger partial charge in [-0.25, -0.2) is 9.78 Å². The molecular formula is C21H19ClN2O3S. The van der Waals surface area contributed by atoms with Gasteiger partial charge >= 0.3 is 5.97 Å². The number of hydrogen-bond donors (Lipinski definition) is 1. The number of carbonyl (C=O) groups is 2. The Labute approximate surface area is 172 Å². The van der Waals surface area contributed by atoms with E-state index in [9.17, 15) is 9.59 Å². The molecule has 2 aromatic carbocycles. The lowest BCUT2D eigenvalue weighted by Crippen LogP contribution is -2.21. The van der Waals surface area contributed by atoms with E-state index < -0.39 is 18.5 Å². The van der Waals surface area contributed by atoms with Gasteiger partial charge in [0.15, 0.2) is 12.3 Å². The van der Waals surface area contributed by atoms with Gasteiger partial charge in [0.05, 0.1) is 0 Å². The smallest absolute Gasteiger partial charge is 0.358 e. The highest BCUT2D eigenvalue weighted by atomic mass is 35.5. The van der Waals surface area contributed by atoms with E-state index in [2.05, 4.69) is 17.2 Å². The lowest BCUT2D eigenvalue weighted by Gasteiger charge is -2.09. The third-order valence-corrected chi connectivity index (χ3v) is 5.50. The molecule has 0 aliphatic carbocycles. The molecule has 1 aromatic heterocycles. The molecule has 1 amide bonds. The molecule has 0 bridgehead atoms. The van der Waals surface area contributed by atoms with Crippen LogP contribution in [0.5, 0.6) is 0 Å². The maximum Gasteiger partial charge on any atom is 0.358 e. The molecule has 1 heterocycles. The maximum absolute atomic E-state index is 12.2. The first-order valence-electron chi connectivity index (χ1n) is 8.75. The minimum atomic E-state index is -0.634. The summed E-state index contributed by atoms with van der Waals surface area (Å²) in [6, 6.07) is 13.2. The Bertz CT molecular complexity index is 999. The number of nitrogens with zero attached hydrogens (tertiary/aromatic N) is 1. The van der Waals surface area contributed by atoms with Crippen molar-refractivity contribution in [3.05, 3.63) is 69.7 Å². The topological polar surface area (TPSA) is 68.3 Å². The maximum atomic E-state index is 12.2. The molecular weight excluding hydrogens is 396 g/mol. The van der Waals surface area contributed by atoms with Gasteiger partial charge in [0.25, 0.3) is 5.91 Å². The van der Waals surface area contributed by atoms with Crippen LogP contribution in [-0.4, -0.2) is 23.5 Å². The fourth-order valence-corrected chi connectivity index (χ4v) is 3.49. The molecule has 1 N–H and O–H groups in total. The van der Waals surface area contributed by atoms with Crippen LogP contribution in [0.1, 0.15) is 28.5 Å². The van der Waals surface area contributed by atoms with Crippen molar-refractivity contribution >= 4 is 40.5 Å². The number of halogens is 1. The summed E-state index contributed by atoms with van der Waals surface area (Å²) in [7, 11) is 0. The Morgan fingerprint density at radius 3 is 2.64 bits per heavy atom. The number of esters is 1. The highest BCUT2D eigenvalue weighted by Crippen LogP contribution is 2.25. The molecule has 7 heteroatoms. The van der Waals surface area contributed by atoms with E-state index in [4.69, 9.17) is 16.3 Å². The molecule has 28 heavy (non-hydrogen) atoms. The molecule has 0 spiro atoms. The van der Waals surface area contributed by atoms with Crippen molar-refractivity contribution in [3.8, 4) is 10.6 Å². The minimum absolute atomic E-state index is 0.186. The molecule has 5 nitrogen and oxygen atoms in total. The van der Waals surface area contributed by atoms with Gasteiger partial charge in [0.2, 0.25) is 0 Å². The van der Waals surface area contributed by atoms with Crippen LogP contribution in [0.15, 0.2) is 47.8 Å². The third kappa shape index (κ3) is 4.77. The largest absolute Gasteiger partial charge is 0.451 e. The van der Waals surface area contributed by atoms with Crippen LogP contribution in [0, 0.1) is 6.92 Å². The quantitative estimate of drug-likeness (QED) is 0.568. The van der Waals surface area contributed by atoms with Crippen LogP contribution in [0.25, 0.3) is 10.6 Å². The zero-order valence-corrected chi connectivity index (χ0v) is 17.1. The van der Waals surface area contributed by atoms with E-state index in [1.807, 2.05) is 24.3 Å². The van der Waals surface area contributed by atoms with Crippen LogP contribution in [0.4, 0.5) is 5.69 Å². The monoisotopic (exact) mass is 414 g/mol. The van der Waals surface area contributed by atoms with E-state index >= 15 is 0 Å². The average Bonchev–Trinajstić information content (AvgIpc) is 3.20. The second-order valence-corrected chi connectivity index (χ2v) is 7.39. The lowest BCUT2D eigenvalue weighted by molar-refractivity contribution is -0.119. The van der Waals surface area contributed by atoms with Gasteiger partial charge in [-0.3, -0.25) is 4.79 Å². The molecule has 0 saturated carbocycles. The first-order chi connectivity index (χ1) is 13.5. The lowest BCUT2D eigenvalue weighted by atomic mass is 10.1. The zero-order chi connectivity index (χ0) is 20.1. The molecule has 0 fully saturated rings. The molecule has 144 valence electrons. The molecule has 3 aromatic rings. The summed E-state index contributed by atoms with van der Waals surface area (Å²) >= 11 is 7.39. The normalized spacial score (nSPS) is 10.5. The Balaban J connectivity index is 1.58. The first kappa shape index (κ1) is 20.0. The Hall–Kier alpha value is -2.70. The molecule has 0 radical (unpaired) electrons. The first-order valence-corrected chi connectivity index (χ1v) is 10.0. The van der Waals surface area contributed by atoms with Crippen molar-refractivity contribution in [2.45, 2.75) is 20.3 Å². The fraction of sp³-hybridized carbons (Fsp3) is 0.190. The standard InChI is InChI=1S/C21H19ClN2O3S/c1-3-14-7-9-15(10-8-14)20-24-18(12-28-20)21(26)27-11-19(25)23-17-6-4-5-16(22)13(17)2/h4-10,12H,3,11H2,1-2H3,(H,23,25). The second kappa shape index (κ2) is 8.99. The molecule has 0 atom stereocenters. The second-order valence-electron chi connectivity index (χ2n) is 6.13. The highest BCUT2D eigenvalue weighted by Gasteiger charge is 2.15. The van der Waals surface area contributed by atoms with Crippen LogP contribution in [-0.2, 0) is 16.0 Å². The number of amides is 1. The van der Waals surface area contributed by atoms with Gasteiger partial charge in [-0.05, 0) is 36.6 Å². The SMILES string of the molecule is CCc1ccc(-c2nc(C(=O)OCC(=O)Nc3cccc(Cl)c3C)cs2)cc1. The summed E-state index contributed by atoms with van der Waals surface area (Å²) in [5, 5.41) is 5.59. The van der Waals surface area contributed by atoms with E-state index in [0.717, 1.165) is 22.6 Å². The van der Waals surface area contributed by atoms with Crippen molar-refractivity contribution in [2.75, 3.05) is 11.9 Å². The highest BCUT2D eigenvalue weighted by molar-refractivity contribution is 7.13. The van der Waals surface area contributed by atoms with E-state index in [1.165, 1.54) is 16.9 Å². The number of anilines is 1. The number of hydrogen-bond acceptors (Lipinski definition) is 5. The molecule has 0 aliphatic heterocycles. The summed E-state index contributed by atoms with van der Waals surface area (Å²) in [5.74, 6) is -1.07. The van der Waals surface area contributed by atoms with Gasteiger partial charge in [0, 0.05) is 21.7 Å². The number of thiazole rings is 1. The van der Waals surface area contributed by atoms with Crippen LogP contribution < -0.4 is 5.32 Å². The summed E-state index contributed by atoms with van der Waals surface area (Å²) in [6.45, 7) is 3.49. The van der Waals surface area contributed by atoms with Gasteiger partial charge < -0.3 is 10.1 Å². The minimum Gasteiger partial charge on any atom is -0.451 e. The van der Waals surface area contributed by atoms with E-state index in [0.29, 0.717) is 10.7 Å². The van der Waals surface area contributed by atoms with Gasteiger partial charge in [0.1, 0.15) is 5.01 Å². The van der Waals surface area contributed by atoms with Crippen molar-refractivity contribution in [1.29, 1.82) is 0 Å². The molecule has 3 rings (SSSR count). The fourth-order valence-electron chi connectivity index (χ4n) is 2.52. The summed E-state index contributed by atoms with van der Waals surface area (Å²) in [5.41, 5.74) is 3.70. The van der Waals surface area contributed by atoms with Crippen LogP contribution in [0.3, 0.4) is 0 Å². The number of benzene rings is 2. The molecule has 0 unspecified atom stereocenters. The van der Waals surface area contributed by atoms with Gasteiger partial charge in [-0.1, -0.05) is 48.9 Å². The zero-order valence-electron chi connectivity index (χ0n) is 15.5. The number of carbonyl (C=O) groups excluding carboxylic acids is 2. The summed E-state index contributed by atoms with van der Waals surface area (Å²) in [4.78, 5) is 28.6. The molecule has 0 saturated heterocycles. The number of aryl methyl sites for hydroxylation is 1. The third-order valence-electron chi connectivity index (χ3n) is 4.20. The van der Waals surface area contributed by atoms with Gasteiger partial charge in [-0.15, -0.1) is 11.3 Å². The van der Waals surface area contributed by atoms with Crippen molar-refractivity contribution < 1.29 is 14.3 Å². The predicted molar refractivity (Wildman–Crippen MR) is 112 cm³/mol. The van der Waals surface area contributed by atoms with E-state index in [1.54, 1.807) is 30.5 Å². The summed E-state index contributed by atoms with van der Waals surface area (Å²) in [6.07, 6.45) is 0.965. The predicted octanol–water partition coefficient (Wildman–Crippen LogP) is 5.13. The van der Waals surface area contributed by atoms with E-state index in [-0.39, 0.29) is 5.69 Å². The number of ether oxygens (including phenoxy) is 1. The van der Waals surface area contributed by atoms with Gasteiger partial charge in [-0.2, -0.15) is 0 Å². The van der Waals surface area contributed by atoms with Crippen molar-refractivity contribution in [1.82, 2.24) is 4.98 Å². The Morgan fingerprint density at radius 2 is 1.93 bits per heavy atom. The average molecular weight is 415 g/mol. The van der Waals surface area contributed by atoms with Crippen LogP contribution in [0.2, 0.25) is 5.02 Å². The Kier molecular flexibility index (Phi) is 6.44. The summed E-state index contributed by atoms with van der Waals surface area (Å²) < 4.78 is 5.08.